The second kappa shape index (κ2) is 6.32. The SMILES string of the molecule is Cc1nc(Nc2cccc(CO)c2)c2c(-c3cccs3)csc2n1. The van der Waals surface area contributed by atoms with Gasteiger partial charge in [0.1, 0.15) is 16.5 Å². The molecule has 0 saturated heterocycles. The van der Waals surface area contributed by atoms with Crippen molar-refractivity contribution in [2.24, 2.45) is 0 Å². The third-order valence-electron chi connectivity index (χ3n) is 3.70. The monoisotopic (exact) mass is 353 g/mol. The molecule has 0 atom stereocenters. The van der Waals surface area contributed by atoms with Crippen LogP contribution in [0, 0.1) is 6.92 Å². The number of hydrogen-bond acceptors (Lipinski definition) is 6. The predicted octanol–water partition coefficient (Wildman–Crippen LogP) is 4.96. The molecule has 0 bridgehead atoms. The van der Waals surface area contributed by atoms with Crippen LogP contribution in [-0.4, -0.2) is 15.1 Å². The van der Waals surface area contributed by atoms with Crippen molar-refractivity contribution in [3.05, 3.63) is 58.5 Å². The predicted molar refractivity (Wildman–Crippen MR) is 101 cm³/mol. The Hall–Kier alpha value is -2.28. The molecule has 24 heavy (non-hydrogen) atoms. The van der Waals surface area contributed by atoms with E-state index in [1.54, 1.807) is 22.7 Å². The van der Waals surface area contributed by atoms with Crippen molar-refractivity contribution in [1.29, 1.82) is 0 Å². The van der Waals surface area contributed by atoms with Gasteiger partial charge in [0.05, 0.1) is 12.0 Å². The number of anilines is 2. The average Bonchev–Trinajstić information content (AvgIpc) is 3.23. The van der Waals surface area contributed by atoms with E-state index in [0.717, 1.165) is 38.7 Å². The van der Waals surface area contributed by atoms with Crippen LogP contribution >= 0.6 is 22.7 Å². The van der Waals surface area contributed by atoms with Crippen LogP contribution in [0.5, 0.6) is 0 Å². The van der Waals surface area contributed by atoms with Crippen LogP contribution in [0.3, 0.4) is 0 Å². The van der Waals surface area contributed by atoms with E-state index in [1.165, 1.54) is 4.88 Å². The highest BCUT2D eigenvalue weighted by molar-refractivity contribution is 7.18. The quantitative estimate of drug-likeness (QED) is 0.544. The Morgan fingerprint density at radius 3 is 2.83 bits per heavy atom. The molecule has 1 aromatic carbocycles. The number of rotatable bonds is 4. The van der Waals surface area contributed by atoms with Crippen LogP contribution in [0.2, 0.25) is 0 Å². The Kier molecular flexibility index (Phi) is 4.02. The Bertz CT molecular complexity index is 993. The summed E-state index contributed by atoms with van der Waals surface area (Å²) in [5.41, 5.74) is 2.93. The zero-order chi connectivity index (χ0) is 16.5. The lowest BCUT2D eigenvalue weighted by Crippen LogP contribution is -1.98. The maximum absolute atomic E-state index is 9.33. The fraction of sp³-hybridized carbons (Fsp3) is 0.111. The highest BCUT2D eigenvalue weighted by Crippen LogP contribution is 2.39. The van der Waals surface area contributed by atoms with Crippen molar-refractivity contribution >= 4 is 44.4 Å². The van der Waals surface area contributed by atoms with Gasteiger partial charge in [0.2, 0.25) is 0 Å². The largest absolute Gasteiger partial charge is 0.392 e. The summed E-state index contributed by atoms with van der Waals surface area (Å²) in [5.74, 6) is 1.54. The number of aliphatic hydroxyl groups excluding tert-OH is 1. The van der Waals surface area contributed by atoms with Gasteiger partial charge in [-0.25, -0.2) is 9.97 Å². The highest BCUT2D eigenvalue weighted by Gasteiger charge is 2.15. The molecule has 0 saturated carbocycles. The molecule has 0 amide bonds. The first-order chi connectivity index (χ1) is 11.7. The summed E-state index contributed by atoms with van der Waals surface area (Å²) in [7, 11) is 0. The summed E-state index contributed by atoms with van der Waals surface area (Å²) in [6.45, 7) is 1.92. The minimum atomic E-state index is 0.0205. The van der Waals surface area contributed by atoms with Crippen LogP contribution in [0.15, 0.2) is 47.2 Å². The molecule has 3 aromatic heterocycles. The van der Waals surface area contributed by atoms with Gasteiger partial charge >= 0.3 is 0 Å². The normalized spacial score (nSPS) is 11.1. The average molecular weight is 353 g/mol. The lowest BCUT2D eigenvalue weighted by atomic mass is 10.2. The number of benzene rings is 1. The van der Waals surface area contributed by atoms with Gasteiger partial charge in [-0.1, -0.05) is 18.2 Å². The van der Waals surface area contributed by atoms with E-state index in [1.807, 2.05) is 31.2 Å². The highest BCUT2D eigenvalue weighted by atomic mass is 32.1. The first-order valence-corrected chi connectivity index (χ1v) is 9.27. The van der Waals surface area contributed by atoms with Gasteiger partial charge in [-0.15, -0.1) is 22.7 Å². The lowest BCUT2D eigenvalue weighted by Gasteiger charge is -2.10. The molecule has 0 aliphatic carbocycles. The molecule has 0 unspecified atom stereocenters. The topological polar surface area (TPSA) is 58.0 Å². The third kappa shape index (κ3) is 2.80. The number of hydrogen-bond donors (Lipinski definition) is 2. The summed E-state index contributed by atoms with van der Waals surface area (Å²) in [5, 5.41) is 18.0. The van der Waals surface area contributed by atoms with Crippen LogP contribution < -0.4 is 5.32 Å². The molecular formula is C18H15N3OS2. The second-order valence-corrected chi connectivity index (χ2v) is 7.22. The van der Waals surface area contributed by atoms with E-state index in [4.69, 9.17) is 0 Å². The molecule has 0 aliphatic heterocycles. The summed E-state index contributed by atoms with van der Waals surface area (Å²) in [6.07, 6.45) is 0. The fourth-order valence-corrected chi connectivity index (χ4v) is 4.44. The van der Waals surface area contributed by atoms with Gasteiger partial charge in [0.25, 0.3) is 0 Å². The molecule has 120 valence electrons. The first kappa shape index (κ1) is 15.3. The van der Waals surface area contributed by atoms with E-state index >= 15 is 0 Å². The Balaban J connectivity index is 1.85. The molecule has 6 heteroatoms. The lowest BCUT2D eigenvalue weighted by molar-refractivity contribution is 0.282. The molecule has 4 rings (SSSR count). The van der Waals surface area contributed by atoms with Crippen molar-refractivity contribution < 1.29 is 5.11 Å². The molecule has 2 N–H and O–H groups in total. The zero-order valence-corrected chi connectivity index (χ0v) is 14.6. The third-order valence-corrected chi connectivity index (χ3v) is 5.48. The van der Waals surface area contributed by atoms with Gasteiger partial charge in [-0.2, -0.15) is 0 Å². The number of thiophene rings is 2. The Morgan fingerprint density at radius 2 is 2.04 bits per heavy atom. The van der Waals surface area contributed by atoms with E-state index in [9.17, 15) is 5.11 Å². The minimum absolute atomic E-state index is 0.0205. The summed E-state index contributed by atoms with van der Waals surface area (Å²) in [6, 6.07) is 11.9. The van der Waals surface area contributed by atoms with Gasteiger partial charge in [0, 0.05) is 21.5 Å². The minimum Gasteiger partial charge on any atom is -0.392 e. The number of fused-ring (bicyclic) bond motifs is 1. The van der Waals surface area contributed by atoms with Crippen LogP contribution in [0.4, 0.5) is 11.5 Å². The fourth-order valence-electron chi connectivity index (χ4n) is 2.64. The molecule has 3 heterocycles. The van der Waals surface area contributed by atoms with Crippen molar-refractivity contribution in [2.45, 2.75) is 13.5 Å². The molecule has 0 spiro atoms. The Labute approximate surface area is 147 Å². The van der Waals surface area contributed by atoms with Crippen LogP contribution in [-0.2, 0) is 6.61 Å². The smallest absolute Gasteiger partial charge is 0.143 e. The van der Waals surface area contributed by atoms with E-state index in [-0.39, 0.29) is 6.61 Å². The summed E-state index contributed by atoms with van der Waals surface area (Å²) < 4.78 is 0. The molecule has 0 fully saturated rings. The van der Waals surface area contributed by atoms with E-state index in [2.05, 4.69) is 38.2 Å². The number of aromatic nitrogens is 2. The number of nitrogens with zero attached hydrogens (tertiary/aromatic N) is 2. The summed E-state index contributed by atoms with van der Waals surface area (Å²) in [4.78, 5) is 11.4. The maximum Gasteiger partial charge on any atom is 0.143 e. The van der Waals surface area contributed by atoms with E-state index in [0.29, 0.717) is 0 Å². The van der Waals surface area contributed by atoms with Gasteiger partial charge in [-0.3, -0.25) is 0 Å². The van der Waals surface area contributed by atoms with Gasteiger partial charge in [0.15, 0.2) is 0 Å². The van der Waals surface area contributed by atoms with Crippen molar-refractivity contribution in [2.75, 3.05) is 5.32 Å². The molecule has 0 aliphatic rings. The van der Waals surface area contributed by atoms with Crippen molar-refractivity contribution in [1.82, 2.24) is 9.97 Å². The molecule has 4 aromatic rings. The maximum atomic E-state index is 9.33. The Morgan fingerprint density at radius 1 is 1.12 bits per heavy atom. The summed E-state index contributed by atoms with van der Waals surface area (Å²) >= 11 is 3.35. The second-order valence-electron chi connectivity index (χ2n) is 5.41. The zero-order valence-electron chi connectivity index (χ0n) is 13.0. The van der Waals surface area contributed by atoms with Gasteiger partial charge < -0.3 is 10.4 Å². The number of aryl methyl sites for hydroxylation is 1. The molecule has 0 radical (unpaired) electrons. The number of nitrogens with one attached hydrogen (secondary N) is 1. The van der Waals surface area contributed by atoms with Crippen molar-refractivity contribution in [3.8, 4) is 10.4 Å². The van der Waals surface area contributed by atoms with Crippen LogP contribution in [0.1, 0.15) is 11.4 Å². The van der Waals surface area contributed by atoms with Gasteiger partial charge in [-0.05, 0) is 36.1 Å². The van der Waals surface area contributed by atoms with Crippen LogP contribution in [0.25, 0.3) is 20.7 Å². The first-order valence-electron chi connectivity index (χ1n) is 7.51. The number of aliphatic hydroxyl groups is 1. The molecular weight excluding hydrogens is 338 g/mol. The van der Waals surface area contributed by atoms with E-state index < -0.39 is 0 Å². The standard InChI is InChI=1S/C18H15N3OS2/c1-11-19-17(21-13-5-2-4-12(8-13)9-22)16-14(10-24-18(16)20-11)15-6-3-7-23-15/h2-8,10,22H,9H2,1H3,(H,19,20,21). The molecule has 4 nitrogen and oxygen atoms in total. The van der Waals surface area contributed by atoms with Crippen molar-refractivity contribution in [3.63, 3.8) is 0 Å².